The third-order valence-electron chi connectivity index (χ3n) is 3.04. The Labute approximate surface area is 144 Å². The van der Waals surface area contributed by atoms with Crippen LogP contribution in [0.5, 0.6) is 11.5 Å². The summed E-state index contributed by atoms with van der Waals surface area (Å²) in [4.78, 5) is 11.7. The zero-order chi connectivity index (χ0) is 17.5. The summed E-state index contributed by atoms with van der Waals surface area (Å²) in [6.45, 7) is 4.91. The predicted octanol–water partition coefficient (Wildman–Crippen LogP) is 2.68. The highest BCUT2D eigenvalue weighted by Crippen LogP contribution is 2.28. The number of ether oxygens (including phenoxy) is 2. The number of benzene rings is 1. The first-order valence-corrected chi connectivity index (χ1v) is 7.85. The van der Waals surface area contributed by atoms with Crippen molar-refractivity contribution in [3.63, 3.8) is 0 Å². The van der Waals surface area contributed by atoms with Gasteiger partial charge >= 0.3 is 0 Å². The molecule has 0 radical (unpaired) electrons. The Balaban J connectivity index is 2.16. The van der Waals surface area contributed by atoms with Gasteiger partial charge in [-0.2, -0.15) is 10.2 Å². The van der Waals surface area contributed by atoms with Gasteiger partial charge in [0.15, 0.2) is 11.5 Å². The van der Waals surface area contributed by atoms with Gasteiger partial charge in [0.1, 0.15) is 10.7 Å². The molecule has 0 amide bonds. The first-order chi connectivity index (χ1) is 11.6. The molecule has 0 unspecified atom stereocenters. The van der Waals surface area contributed by atoms with Crippen LogP contribution >= 0.6 is 11.6 Å². The van der Waals surface area contributed by atoms with Gasteiger partial charge in [-0.15, -0.1) is 0 Å². The molecule has 24 heavy (non-hydrogen) atoms. The highest BCUT2D eigenvalue weighted by molar-refractivity contribution is 6.32. The molecular formula is C16H19ClN4O3. The summed E-state index contributed by atoms with van der Waals surface area (Å²) < 4.78 is 12.2. The lowest BCUT2D eigenvalue weighted by Crippen LogP contribution is -2.20. The van der Waals surface area contributed by atoms with Crippen LogP contribution in [0.15, 0.2) is 34.3 Å². The van der Waals surface area contributed by atoms with Crippen molar-refractivity contribution in [3.05, 3.63) is 45.3 Å². The first kappa shape index (κ1) is 17.8. The van der Waals surface area contributed by atoms with Crippen LogP contribution in [-0.4, -0.2) is 29.2 Å². The highest BCUT2D eigenvalue weighted by Gasteiger charge is 2.07. The predicted molar refractivity (Wildman–Crippen MR) is 94.5 cm³/mol. The van der Waals surface area contributed by atoms with Crippen LogP contribution in [0.2, 0.25) is 5.02 Å². The van der Waals surface area contributed by atoms with Crippen molar-refractivity contribution in [2.45, 2.75) is 13.8 Å². The van der Waals surface area contributed by atoms with Crippen LogP contribution < -0.4 is 20.5 Å². The Morgan fingerprint density at radius 3 is 2.71 bits per heavy atom. The second-order valence-corrected chi connectivity index (χ2v) is 5.12. The SMILES string of the molecule is CCOc1ccc(/C=N\Nc2cnn(C)c(=O)c2Cl)cc1OCC. The molecule has 1 aromatic carbocycles. The van der Waals surface area contributed by atoms with Gasteiger partial charge in [-0.25, -0.2) is 4.68 Å². The normalized spacial score (nSPS) is 10.8. The van der Waals surface area contributed by atoms with E-state index >= 15 is 0 Å². The van der Waals surface area contributed by atoms with Gasteiger partial charge < -0.3 is 9.47 Å². The van der Waals surface area contributed by atoms with Gasteiger partial charge in [-0.3, -0.25) is 10.2 Å². The molecule has 0 spiro atoms. The quantitative estimate of drug-likeness (QED) is 0.613. The van der Waals surface area contributed by atoms with Crippen molar-refractivity contribution in [3.8, 4) is 11.5 Å². The largest absolute Gasteiger partial charge is 0.490 e. The molecule has 0 aliphatic heterocycles. The second kappa shape index (κ2) is 8.35. The molecule has 0 saturated heterocycles. The fraction of sp³-hybridized carbons (Fsp3) is 0.312. The molecule has 0 aliphatic carbocycles. The maximum atomic E-state index is 11.7. The van der Waals surface area contributed by atoms with Crippen molar-refractivity contribution in [1.82, 2.24) is 9.78 Å². The van der Waals surface area contributed by atoms with Gasteiger partial charge in [0.05, 0.1) is 25.6 Å². The van der Waals surface area contributed by atoms with Crippen LogP contribution in [0.1, 0.15) is 19.4 Å². The summed E-state index contributed by atoms with van der Waals surface area (Å²) in [6.07, 6.45) is 3.02. The average molecular weight is 351 g/mol. The minimum atomic E-state index is -0.392. The van der Waals surface area contributed by atoms with Crippen LogP contribution in [0.25, 0.3) is 0 Å². The van der Waals surface area contributed by atoms with Crippen molar-refractivity contribution >= 4 is 23.5 Å². The second-order valence-electron chi connectivity index (χ2n) is 4.74. The number of hydrogen-bond donors (Lipinski definition) is 1. The molecule has 1 aromatic heterocycles. The van der Waals surface area contributed by atoms with E-state index in [4.69, 9.17) is 21.1 Å². The zero-order valence-corrected chi connectivity index (χ0v) is 14.5. The maximum absolute atomic E-state index is 11.7. The third-order valence-corrected chi connectivity index (χ3v) is 3.41. The van der Waals surface area contributed by atoms with Gasteiger partial charge in [0.2, 0.25) is 0 Å². The van der Waals surface area contributed by atoms with Gasteiger partial charge in [0.25, 0.3) is 5.56 Å². The molecule has 2 rings (SSSR count). The molecule has 0 bridgehead atoms. The van der Waals surface area contributed by atoms with E-state index in [1.54, 1.807) is 6.21 Å². The number of aromatic nitrogens is 2. The lowest BCUT2D eigenvalue weighted by atomic mass is 10.2. The zero-order valence-electron chi connectivity index (χ0n) is 13.7. The Morgan fingerprint density at radius 1 is 1.29 bits per heavy atom. The Bertz CT molecular complexity index is 789. The number of halogens is 1. The Hall–Kier alpha value is -2.54. The molecule has 0 fully saturated rings. The first-order valence-electron chi connectivity index (χ1n) is 7.47. The topological polar surface area (TPSA) is 77.7 Å². The maximum Gasteiger partial charge on any atom is 0.287 e. The van der Waals surface area contributed by atoms with E-state index in [1.165, 1.54) is 13.2 Å². The lowest BCUT2D eigenvalue weighted by Gasteiger charge is -2.11. The summed E-state index contributed by atoms with van der Waals surface area (Å²) >= 11 is 5.96. The molecule has 0 saturated carbocycles. The monoisotopic (exact) mass is 350 g/mol. The number of hydrogen-bond acceptors (Lipinski definition) is 6. The van der Waals surface area contributed by atoms with E-state index in [2.05, 4.69) is 15.6 Å². The molecule has 1 N–H and O–H groups in total. The lowest BCUT2D eigenvalue weighted by molar-refractivity contribution is 0.288. The molecule has 2 aromatic rings. The van der Waals surface area contributed by atoms with Crippen LogP contribution in [0, 0.1) is 0 Å². The van der Waals surface area contributed by atoms with Crippen molar-refractivity contribution in [1.29, 1.82) is 0 Å². The number of rotatable bonds is 7. The van der Waals surface area contributed by atoms with Crippen molar-refractivity contribution in [2.24, 2.45) is 12.1 Å². The fourth-order valence-corrected chi connectivity index (χ4v) is 2.13. The van der Waals surface area contributed by atoms with Crippen LogP contribution in [0.4, 0.5) is 5.69 Å². The van der Waals surface area contributed by atoms with E-state index in [1.807, 2.05) is 32.0 Å². The van der Waals surface area contributed by atoms with Gasteiger partial charge in [0, 0.05) is 7.05 Å². The van der Waals surface area contributed by atoms with E-state index in [0.29, 0.717) is 30.4 Å². The summed E-state index contributed by atoms with van der Waals surface area (Å²) in [5, 5.41) is 7.99. The standard InChI is InChI=1S/C16H19ClN4O3/c1-4-23-13-7-6-11(8-14(13)24-5-2)9-18-20-12-10-19-21(3)16(22)15(12)17/h6-10,20H,4-5H2,1-3H3/b18-9-. The number of hydrazone groups is 1. The number of nitrogens with one attached hydrogen (secondary N) is 1. The van der Waals surface area contributed by atoms with Crippen LogP contribution in [0.3, 0.4) is 0 Å². The molecule has 0 atom stereocenters. The Kier molecular flexibility index (Phi) is 6.20. The molecule has 7 nitrogen and oxygen atoms in total. The third kappa shape index (κ3) is 4.26. The minimum absolute atomic E-state index is 0.0337. The highest BCUT2D eigenvalue weighted by atomic mass is 35.5. The van der Waals surface area contributed by atoms with E-state index < -0.39 is 5.56 Å². The van der Waals surface area contributed by atoms with Crippen molar-refractivity contribution in [2.75, 3.05) is 18.6 Å². The minimum Gasteiger partial charge on any atom is -0.490 e. The van der Waals surface area contributed by atoms with E-state index in [9.17, 15) is 4.79 Å². The fourth-order valence-electron chi connectivity index (χ4n) is 1.91. The average Bonchev–Trinajstić information content (AvgIpc) is 2.57. The Morgan fingerprint density at radius 2 is 2.00 bits per heavy atom. The summed E-state index contributed by atoms with van der Waals surface area (Å²) in [5.41, 5.74) is 3.47. The molecule has 1 heterocycles. The van der Waals surface area contributed by atoms with Crippen molar-refractivity contribution < 1.29 is 9.47 Å². The summed E-state index contributed by atoms with van der Waals surface area (Å²) in [6, 6.07) is 5.49. The molecule has 0 aliphatic rings. The van der Waals surface area contributed by atoms with Gasteiger partial charge in [-0.05, 0) is 37.6 Å². The smallest absolute Gasteiger partial charge is 0.287 e. The molecule has 128 valence electrons. The molecule has 8 heteroatoms. The van der Waals surface area contributed by atoms with E-state index in [0.717, 1.165) is 10.2 Å². The number of nitrogens with zero attached hydrogens (tertiary/aromatic N) is 3. The number of aryl methyl sites for hydroxylation is 1. The summed E-state index contributed by atoms with van der Waals surface area (Å²) in [5.74, 6) is 1.33. The summed E-state index contributed by atoms with van der Waals surface area (Å²) in [7, 11) is 1.52. The number of anilines is 1. The van der Waals surface area contributed by atoms with E-state index in [-0.39, 0.29) is 5.02 Å². The van der Waals surface area contributed by atoms with Crippen LogP contribution in [-0.2, 0) is 7.05 Å². The van der Waals surface area contributed by atoms with Gasteiger partial charge in [-0.1, -0.05) is 11.6 Å². The molecular weight excluding hydrogens is 332 g/mol.